The Morgan fingerprint density at radius 1 is 1.11 bits per heavy atom. The number of carbonyl (C=O) groups excluding carboxylic acids is 1. The Morgan fingerprint density at radius 2 is 1.84 bits per heavy atom. The van der Waals surface area contributed by atoms with Crippen LogP contribution in [-0.2, 0) is 11.2 Å². The molecule has 96 valence electrons. The molecule has 0 saturated carbocycles. The van der Waals surface area contributed by atoms with Gasteiger partial charge >= 0.3 is 0 Å². The predicted octanol–water partition coefficient (Wildman–Crippen LogP) is 3.62. The zero-order chi connectivity index (χ0) is 13.2. The number of ketones is 1. The van der Waals surface area contributed by atoms with E-state index in [1.54, 1.807) is 0 Å². The number of thioether (sulfide) groups is 1. The van der Waals surface area contributed by atoms with E-state index in [2.05, 4.69) is 0 Å². The Labute approximate surface area is 116 Å². The van der Waals surface area contributed by atoms with E-state index in [0.29, 0.717) is 6.42 Å². The van der Waals surface area contributed by atoms with Crippen molar-refractivity contribution in [1.29, 1.82) is 0 Å². The van der Waals surface area contributed by atoms with Crippen molar-refractivity contribution in [3.63, 3.8) is 0 Å². The number of Topliss-reactive ketones (excluding diaryl/α,β-unsaturated/α-hetero) is 1. The molecule has 19 heavy (non-hydrogen) atoms. The maximum absolute atomic E-state index is 12.1. The van der Waals surface area contributed by atoms with E-state index in [4.69, 9.17) is 4.74 Å². The first-order valence-electron chi connectivity index (χ1n) is 6.23. The van der Waals surface area contributed by atoms with Gasteiger partial charge in [0.1, 0.15) is 5.75 Å². The lowest BCUT2D eigenvalue weighted by atomic mass is 10.1. The Hall–Kier alpha value is -1.74. The molecule has 2 nitrogen and oxygen atoms in total. The van der Waals surface area contributed by atoms with Crippen molar-refractivity contribution in [2.45, 2.75) is 23.7 Å². The van der Waals surface area contributed by atoms with E-state index in [9.17, 15) is 4.79 Å². The van der Waals surface area contributed by atoms with Crippen LogP contribution in [0, 0.1) is 6.92 Å². The first-order valence-corrected chi connectivity index (χ1v) is 7.11. The molecule has 1 aliphatic rings. The molecule has 2 aromatic carbocycles. The molecule has 1 heterocycles. The summed E-state index contributed by atoms with van der Waals surface area (Å²) in [7, 11) is 0. The lowest BCUT2D eigenvalue weighted by Crippen LogP contribution is -2.30. The minimum atomic E-state index is -0.433. The average Bonchev–Trinajstić information content (AvgIpc) is 2.42. The van der Waals surface area contributed by atoms with Gasteiger partial charge in [0.2, 0.25) is 5.44 Å². The van der Waals surface area contributed by atoms with Gasteiger partial charge in [-0.05, 0) is 25.1 Å². The van der Waals surface area contributed by atoms with Crippen LogP contribution in [0.1, 0.15) is 11.1 Å². The molecule has 1 aliphatic heterocycles. The van der Waals surface area contributed by atoms with Crippen LogP contribution in [0.5, 0.6) is 5.75 Å². The SMILES string of the molecule is Cc1ccc(SC2Oc3ccccc3CC2=O)cc1. The van der Waals surface area contributed by atoms with Crippen molar-refractivity contribution in [2.75, 3.05) is 0 Å². The second-order valence-electron chi connectivity index (χ2n) is 4.63. The molecule has 3 rings (SSSR count). The minimum Gasteiger partial charge on any atom is -0.471 e. The van der Waals surface area contributed by atoms with Crippen LogP contribution in [0.3, 0.4) is 0 Å². The van der Waals surface area contributed by atoms with Gasteiger partial charge in [-0.3, -0.25) is 4.79 Å². The number of fused-ring (bicyclic) bond motifs is 1. The Kier molecular flexibility index (Phi) is 3.30. The second-order valence-corrected chi connectivity index (χ2v) is 5.77. The third kappa shape index (κ3) is 2.66. The van der Waals surface area contributed by atoms with E-state index in [1.165, 1.54) is 17.3 Å². The van der Waals surface area contributed by atoms with Crippen LogP contribution in [0.25, 0.3) is 0 Å². The standard InChI is InChI=1S/C16H14O2S/c1-11-6-8-13(9-7-11)19-16-14(17)10-12-4-2-3-5-15(12)18-16/h2-9,16H,10H2,1H3. The molecular weight excluding hydrogens is 256 g/mol. The van der Waals surface area contributed by atoms with Gasteiger partial charge in [0, 0.05) is 16.9 Å². The number of rotatable bonds is 2. The monoisotopic (exact) mass is 270 g/mol. The number of ether oxygens (including phenoxy) is 1. The van der Waals surface area contributed by atoms with Gasteiger partial charge in [-0.25, -0.2) is 0 Å². The van der Waals surface area contributed by atoms with Crippen molar-refractivity contribution >= 4 is 17.5 Å². The summed E-state index contributed by atoms with van der Waals surface area (Å²) >= 11 is 1.47. The van der Waals surface area contributed by atoms with Crippen molar-refractivity contribution in [1.82, 2.24) is 0 Å². The maximum atomic E-state index is 12.1. The summed E-state index contributed by atoms with van der Waals surface area (Å²) in [5, 5.41) is 0. The van der Waals surface area contributed by atoms with Gasteiger partial charge in [-0.15, -0.1) is 0 Å². The van der Waals surface area contributed by atoms with E-state index in [0.717, 1.165) is 16.2 Å². The number of hydrogen-bond donors (Lipinski definition) is 0. The summed E-state index contributed by atoms with van der Waals surface area (Å²) in [5.41, 5.74) is 1.76. The highest BCUT2D eigenvalue weighted by Gasteiger charge is 2.28. The Morgan fingerprint density at radius 3 is 2.63 bits per heavy atom. The number of para-hydroxylation sites is 1. The van der Waals surface area contributed by atoms with Crippen LogP contribution in [-0.4, -0.2) is 11.2 Å². The van der Waals surface area contributed by atoms with Crippen LogP contribution >= 0.6 is 11.8 Å². The van der Waals surface area contributed by atoms with Gasteiger partial charge in [-0.1, -0.05) is 47.7 Å². The summed E-state index contributed by atoms with van der Waals surface area (Å²) in [6.07, 6.45) is 0.458. The third-order valence-corrected chi connectivity index (χ3v) is 4.22. The molecule has 0 fully saturated rings. The van der Waals surface area contributed by atoms with E-state index in [-0.39, 0.29) is 5.78 Å². The smallest absolute Gasteiger partial charge is 0.207 e. The zero-order valence-corrected chi connectivity index (χ0v) is 11.4. The first-order chi connectivity index (χ1) is 9.22. The number of aryl methyl sites for hydroxylation is 1. The third-order valence-electron chi connectivity index (χ3n) is 3.10. The van der Waals surface area contributed by atoms with Crippen LogP contribution in [0.15, 0.2) is 53.4 Å². The highest BCUT2D eigenvalue weighted by Crippen LogP contribution is 2.33. The minimum absolute atomic E-state index is 0.129. The molecule has 1 atom stereocenters. The molecule has 0 saturated heterocycles. The molecule has 0 bridgehead atoms. The van der Waals surface area contributed by atoms with E-state index >= 15 is 0 Å². The van der Waals surface area contributed by atoms with Crippen molar-refractivity contribution < 1.29 is 9.53 Å². The van der Waals surface area contributed by atoms with E-state index in [1.807, 2.05) is 55.5 Å². The summed E-state index contributed by atoms with van der Waals surface area (Å²) in [6.45, 7) is 2.05. The van der Waals surface area contributed by atoms with Crippen molar-refractivity contribution in [3.05, 3.63) is 59.7 Å². The number of hydrogen-bond acceptors (Lipinski definition) is 3. The van der Waals surface area contributed by atoms with Gasteiger partial charge in [0.05, 0.1) is 0 Å². The van der Waals surface area contributed by atoms with Crippen LogP contribution in [0.4, 0.5) is 0 Å². The predicted molar refractivity (Wildman–Crippen MR) is 76.6 cm³/mol. The molecule has 2 aromatic rings. The van der Waals surface area contributed by atoms with Gasteiger partial charge in [0.25, 0.3) is 0 Å². The fourth-order valence-electron chi connectivity index (χ4n) is 2.05. The summed E-state index contributed by atoms with van der Waals surface area (Å²) in [4.78, 5) is 13.1. The van der Waals surface area contributed by atoms with Crippen molar-refractivity contribution in [3.8, 4) is 5.75 Å². The largest absolute Gasteiger partial charge is 0.471 e. The normalized spacial score (nSPS) is 17.7. The van der Waals surface area contributed by atoms with Gasteiger partial charge in [-0.2, -0.15) is 0 Å². The highest BCUT2D eigenvalue weighted by molar-refractivity contribution is 8.00. The Balaban J connectivity index is 1.79. The summed E-state index contributed by atoms with van der Waals surface area (Å²) < 4.78 is 5.79. The molecule has 0 amide bonds. The lowest BCUT2D eigenvalue weighted by Gasteiger charge is -2.24. The van der Waals surface area contributed by atoms with Gasteiger partial charge in [0.15, 0.2) is 5.78 Å². The summed E-state index contributed by atoms with van der Waals surface area (Å²) in [6, 6.07) is 15.9. The number of carbonyl (C=O) groups is 1. The first kappa shape index (κ1) is 12.3. The molecule has 0 N–H and O–H groups in total. The molecule has 0 radical (unpaired) electrons. The second kappa shape index (κ2) is 5.10. The van der Waals surface area contributed by atoms with Crippen LogP contribution < -0.4 is 4.74 Å². The zero-order valence-electron chi connectivity index (χ0n) is 10.6. The molecule has 1 unspecified atom stereocenters. The molecular formula is C16H14O2S. The lowest BCUT2D eigenvalue weighted by molar-refractivity contribution is -0.122. The van der Waals surface area contributed by atoms with E-state index < -0.39 is 5.44 Å². The maximum Gasteiger partial charge on any atom is 0.207 e. The number of benzene rings is 2. The highest BCUT2D eigenvalue weighted by atomic mass is 32.2. The molecule has 0 aromatic heterocycles. The molecule has 0 spiro atoms. The van der Waals surface area contributed by atoms with Crippen LogP contribution in [0.2, 0.25) is 0 Å². The Bertz CT molecular complexity index is 604. The average molecular weight is 270 g/mol. The molecule has 3 heteroatoms. The fraction of sp³-hybridized carbons (Fsp3) is 0.188. The molecule has 0 aliphatic carbocycles. The van der Waals surface area contributed by atoms with Gasteiger partial charge < -0.3 is 4.74 Å². The quantitative estimate of drug-likeness (QED) is 0.833. The summed E-state index contributed by atoms with van der Waals surface area (Å²) in [5.74, 6) is 0.955. The topological polar surface area (TPSA) is 26.3 Å². The fourth-order valence-corrected chi connectivity index (χ4v) is 2.95. The van der Waals surface area contributed by atoms with Crippen molar-refractivity contribution in [2.24, 2.45) is 0 Å².